The predicted molar refractivity (Wildman–Crippen MR) is 122 cm³/mol. The van der Waals surface area contributed by atoms with E-state index in [0.29, 0.717) is 33.5 Å². The van der Waals surface area contributed by atoms with Crippen LogP contribution >= 0.6 is 23.4 Å². The van der Waals surface area contributed by atoms with E-state index in [0.717, 1.165) is 4.90 Å². The monoisotopic (exact) mass is 454 g/mol. The highest BCUT2D eigenvalue weighted by molar-refractivity contribution is 8.00. The van der Waals surface area contributed by atoms with Gasteiger partial charge in [0.1, 0.15) is 0 Å². The first kappa shape index (κ1) is 21.1. The number of amides is 2. The molecule has 2 N–H and O–H groups in total. The second-order valence-corrected chi connectivity index (χ2v) is 8.66. The van der Waals surface area contributed by atoms with Gasteiger partial charge in [-0.3, -0.25) is 9.59 Å². The van der Waals surface area contributed by atoms with E-state index in [1.54, 1.807) is 48.5 Å². The molecule has 6 nitrogen and oxygen atoms in total. The van der Waals surface area contributed by atoms with Crippen molar-refractivity contribution in [2.45, 2.75) is 17.1 Å². The fourth-order valence-electron chi connectivity index (χ4n) is 2.96. The summed E-state index contributed by atoms with van der Waals surface area (Å²) in [6, 6.07) is 19.4. The molecule has 1 heterocycles. The molecule has 158 valence electrons. The molecule has 1 atom stereocenters. The Morgan fingerprint density at radius 3 is 2.55 bits per heavy atom. The molecular weight excluding hydrogens is 436 g/mol. The predicted octanol–water partition coefficient (Wildman–Crippen LogP) is 5.44. The third-order valence-corrected chi connectivity index (χ3v) is 5.83. The van der Waals surface area contributed by atoms with E-state index < -0.39 is 0 Å². The van der Waals surface area contributed by atoms with Crippen LogP contribution in [0.3, 0.4) is 0 Å². The highest BCUT2D eigenvalue weighted by Gasteiger charge is 2.18. The number of benzene rings is 3. The van der Waals surface area contributed by atoms with Crippen LogP contribution in [0, 0.1) is 0 Å². The van der Waals surface area contributed by atoms with Crippen molar-refractivity contribution in [3.8, 4) is 11.5 Å². The second kappa shape index (κ2) is 9.32. The minimum Gasteiger partial charge on any atom is -0.454 e. The summed E-state index contributed by atoms with van der Waals surface area (Å²) >= 11 is 7.35. The molecule has 0 saturated heterocycles. The lowest BCUT2D eigenvalue weighted by Crippen LogP contribution is -2.22. The quantitative estimate of drug-likeness (QED) is 0.485. The highest BCUT2D eigenvalue weighted by Crippen LogP contribution is 2.34. The average Bonchev–Trinajstić information content (AvgIpc) is 3.22. The fourth-order valence-corrected chi connectivity index (χ4v) is 4.07. The molecule has 0 radical (unpaired) electrons. The Morgan fingerprint density at radius 2 is 1.71 bits per heavy atom. The van der Waals surface area contributed by atoms with Crippen LogP contribution in [0.15, 0.2) is 71.6 Å². The summed E-state index contributed by atoms with van der Waals surface area (Å²) in [5.74, 6) is 0.883. The summed E-state index contributed by atoms with van der Waals surface area (Å²) in [6.07, 6.45) is 0. The van der Waals surface area contributed by atoms with Crippen LogP contribution in [-0.4, -0.2) is 23.9 Å². The van der Waals surface area contributed by atoms with Crippen molar-refractivity contribution in [2.75, 3.05) is 17.4 Å². The van der Waals surface area contributed by atoms with Gasteiger partial charge in [-0.2, -0.15) is 0 Å². The standard InChI is InChI=1S/C23H19ClN2O4S/c1-14(22(27)25-18-8-9-20-21(12-18)30-13-29-20)31-19-7-3-6-17(11-19)26-23(28)15-4-2-5-16(24)10-15/h2-12,14H,13H2,1H3,(H,25,27)(H,26,28). The molecule has 2 amide bonds. The number of hydrogen-bond donors (Lipinski definition) is 2. The number of rotatable bonds is 6. The molecule has 4 rings (SSSR count). The fraction of sp³-hybridized carbons (Fsp3) is 0.130. The highest BCUT2D eigenvalue weighted by atomic mass is 35.5. The van der Waals surface area contributed by atoms with Crippen LogP contribution in [0.1, 0.15) is 17.3 Å². The maximum Gasteiger partial charge on any atom is 0.255 e. The van der Waals surface area contributed by atoms with Crippen molar-refractivity contribution in [3.63, 3.8) is 0 Å². The normalized spacial score (nSPS) is 12.8. The van der Waals surface area contributed by atoms with E-state index in [1.165, 1.54) is 11.8 Å². The van der Waals surface area contributed by atoms with Gasteiger partial charge in [-0.1, -0.05) is 23.7 Å². The van der Waals surface area contributed by atoms with Gasteiger partial charge in [-0.05, 0) is 55.5 Å². The molecule has 0 aliphatic carbocycles. The molecule has 0 aromatic heterocycles. The first-order chi connectivity index (χ1) is 15.0. The van der Waals surface area contributed by atoms with Crippen molar-refractivity contribution >= 4 is 46.6 Å². The summed E-state index contributed by atoms with van der Waals surface area (Å²) in [6.45, 7) is 2.01. The smallest absolute Gasteiger partial charge is 0.255 e. The van der Waals surface area contributed by atoms with Crippen molar-refractivity contribution < 1.29 is 19.1 Å². The van der Waals surface area contributed by atoms with Gasteiger partial charge in [-0.15, -0.1) is 11.8 Å². The van der Waals surface area contributed by atoms with Crippen LogP contribution < -0.4 is 20.1 Å². The molecule has 8 heteroatoms. The average molecular weight is 455 g/mol. The molecule has 0 fully saturated rings. The SMILES string of the molecule is CC(Sc1cccc(NC(=O)c2cccc(Cl)c2)c1)C(=O)Nc1ccc2c(c1)OCO2. The minimum atomic E-state index is -0.357. The molecular formula is C23H19ClN2O4S. The first-order valence-electron chi connectivity index (χ1n) is 9.52. The number of ether oxygens (including phenoxy) is 2. The van der Waals surface area contributed by atoms with Gasteiger partial charge < -0.3 is 20.1 Å². The Labute approximate surface area is 188 Å². The molecule has 3 aromatic rings. The molecule has 0 bridgehead atoms. The number of fused-ring (bicyclic) bond motifs is 1. The zero-order chi connectivity index (χ0) is 21.8. The summed E-state index contributed by atoms with van der Waals surface area (Å²) < 4.78 is 10.6. The summed E-state index contributed by atoms with van der Waals surface area (Å²) in [5.41, 5.74) is 1.75. The second-order valence-electron chi connectivity index (χ2n) is 6.81. The van der Waals surface area contributed by atoms with Crippen molar-refractivity contribution in [1.29, 1.82) is 0 Å². The first-order valence-corrected chi connectivity index (χ1v) is 10.8. The van der Waals surface area contributed by atoms with Crippen LogP contribution in [-0.2, 0) is 4.79 Å². The minimum absolute atomic E-state index is 0.141. The Hall–Kier alpha value is -3.16. The number of anilines is 2. The molecule has 0 saturated carbocycles. The number of carbonyl (C=O) groups excluding carboxylic acids is 2. The van der Waals surface area contributed by atoms with Crippen molar-refractivity contribution in [2.24, 2.45) is 0 Å². The van der Waals surface area contributed by atoms with Gasteiger partial charge in [0.25, 0.3) is 5.91 Å². The van der Waals surface area contributed by atoms with Crippen molar-refractivity contribution in [1.82, 2.24) is 0 Å². The number of halogens is 1. The van der Waals surface area contributed by atoms with E-state index >= 15 is 0 Å². The zero-order valence-corrected chi connectivity index (χ0v) is 18.1. The molecule has 1 aliphatic rings. The summed E-state index contributed by atoms with van der Waals surface area (Å²) in [7, 11) is 0. The lowest BCUT2D eigenvalue weighted by molar-refractivity contribution is -0.115. The Bertz CT molecular complexity index is 1140. The van der Waals surface area contributed by atoms with Crippen LogP contribution in [0.5, 0.6) is 11.5 Å². The van der Waals surface area contributed by atoms with Crippen LogP contribution in [0.2, 0.25) is 5.02 Å². The maximum atomic E-state index is 12.6. The van der Waals surface area contributed by atoms with Gasteiger partial charge in [0.15, 0.2) is 11.5 Å². The Kier molecular flexibility index (Phi) is 6.34. The zero-order valence-electron chi connectivity index (χ0n) is 16.6. The maximum absolute atomic E-state index is 12.6. The molecule has 3 aromatic carbocycles. The third-order valence-electron chi connectivity index (χ3n) is 4.50. The van der Waals surface area contributed by atoms with Gasteiger partial charge in [-0.25, -0.2) is 0 Å². The van der Waals surface area contributed by atoms with E-state index in [9.17, 15) is 9.59 Å². The number of carbonyl (C=O) groups is 2. The van der Waals surface area contributed by atoms with Gasteiger partial charge in [0, 0.05) is 32.9 Å². The van der Waals surface area contributed by atoms with Gasteiger partial charge >= 0.3 is 0 Å². The summed E-state index contributed by atoms with van der Waals surface area (Å²) in [4.78, 5) is 25.9. The molecule has 31 heavy (non-hydrogen) atoms. The van der Waals surface area contributed by atoms with Crippen molar-refractivity contribution in [3.05, 3.63) is 77.3 Å². The number of hydrogen-bond acceptors (Lipinski definition) is 5. The van der Waals surface area contributed by atoms with Gasteiger partial charge in [0.05, 0.1) is 5.25 Å². The topological polar surface area (TPSA) is 76.7 Å². The molecule has 1 unspecified atom stereocenters. The van der Waals surface area contributed by atoms with Crippen LogP contribution in [0.25, 0.3) is 0 Å². The van der Waals surface area contributed by atoms with Gasteiger partial charge in [0.2, 0.25) is 12.7 Å². The van der Waals surface area contributed by atoms with E-state index in [2.05, 4.69) is 10.6 Å². The molecule has 1 aliphatic heterocycles. The van der Waals surface area contributed by atoms with E-state index in [4.69, 9.17) is 21.1 Å². The number of nitrogens with one attached hydrogen (secondary N) is 2. The van der Waals surface area contributed by atoms with Crippen LogP contribution in [0.4, 0.5) is 11.4 Å². The Balaban J connectivity index is 1.37. The Morgan fingerprint density at radius 1 is 0.935 bits per heavy atom. The third kappa shape index (κ3) is 5.31. The largest absolute Gasteiger partial charge is 0.454 e. The lowest BCUT2D eigenvalue weighted by atomic mass is 10.2. The summed E-state index contributed by atoms with van der Waals surface area (Å²) in [5, 5.41) is 5.88. The van der Waals surface area contributed by atoms with E-state index in [-0.39, 0.29) is 23.9 Å². The number of thioether (sulfide) groups is 1. The van der Waals surface area contributed by atoms with E-state index in [1.807, 2.05) is 25.1 Å². The molecule has 0 spiro atoms. The lowest BCUT2D eigenvalue weighted by Gasteiger charge is -2.13.